The topological polar surface area (TPSA) is 101 Å². The zero-order chi connectivity index (χ0) is 15.2. The standard InChI is InChI=1S/C14H16N4O2S/c1-9-17-11(8-21-9)7-16-14(19)12(13(15)18-20)10-5-3-2-4-6-10/h2-6,8,12,20H,7H2,1H3,(H2,15,18)(H,16,19). The molecule has 1 unspecified atom stereocenters. The van der Waals surface area contributed by atoms with Gasteiger partial charge in [-0.1, -0.05) is 35.5 Å². The molecular weight excluding hydrogens is 288 g/mol. The van der Waals surface area contributed by atoms with E-state index in [9.17, 15) is 4.79 Å². The van der Waals surface area contributed by atoms with Gasteiger partial charge in [-0.05, 0) is 12.5 Å². The monoisotopic (exact) mass is 304 g/mol. The Labute approximate surface area is 126 Å². The largest absolute Gasteiger partial charge is 0.409 e. The molecule has 0 bridgehead atoms. The van der Waals surface area contributed by atoms with E-state index >= 15 is 0 Å². The van der Waals surface area contributed by atoms with Crippen LogP contribution in [0.3, 0.4) is 0 Å². The number of thiazole rings is 1. The molecular formula is C14H16N4O2S. The first-order valence-electron chi connectivity index (χ1n) is 6.33. The quantitative estimate of drug-likeness (QED) is 0.338. The van der Waals surface area contributed by atoms with Crippen LogP contribution in [-0.2, 0) is 11.3 Å². The number of aromatic nitrogens is 1. The second-order valence-corrected chi connectivity index (χ2v) is 5.51. The van der Waals surface area contributed by atoms with Crippen molar-refractivity contribution >= 4 is 23.1 Å². The first kappa shape index (κ1) is 15.0. The van der Waals surface area contributed by atoms with Crippen LogP contribution >= 0.6 is 11.3 Å². The van der Waals surface area contributed by atoms with Crippen LogP contribution < -0.4 is 11.1 Å². The molecule has 6 nitrogen and oxygen atoms in total. The number of nitrogens with one attached hydrogen (secondary N) is 1. The Bertz CT molecular complexity index is 639. The molecule has 0 aliphatic heterocycles. The Morgan fingerprint density at radius 2 is 2.19 bits per heavy atom. The Morgan fingerprint density at radius 1 is 1.48 bits per heavy atom. The van der Waals surface area contributed by atoms with Crippen LogP contribution in [0.5, 0.6) is 0 Å². The minimum absolute atomic E-state index is 0.145. The van der Waals surface area contributed by atoms with Crippen molar-refractivity contribution < 1.29 is 10.0 Å². The SMILES string of the molecule is Cc1nc(CNC(=O)C(C(N)=NO)c2ccccc2)cs1. The van der Waals surface area contributed by atoms with Gasteiger partial charge in [-0.2, -0.15) is 0 Å². The minimum Gasteiger partial charge on any atom is -0.409 e. The fraction of sp³-hybridized carbons (Fsp3) is 0.214. The number of amidine groups is 1. The highest BCUT2D eigenvalue weighted by molar-refractivity contribution is 7.09. The summed E-state index contributed by atoms with van der Waals surface area (Å²) in [5.74, 6) is -1.30. The Kier molecular flexibility index (Phi) is 4.89. The van der Waals surface area contributed by atoms with Gasteiger partial charge in [0, 0.05) is 5.38 Å². The molecule has 0 saturated carbocycles. The molecule has 1 amide bonds. The molecule has 1 aromatic heterocycles. The summed E-state index contributed by atoms with van der Waals surface area (Å²) in [6, 6.07) is 8.95. The van der Waals surface area contributed by atoms with Crippen LogP contribution in [-0.4, -0.2) is 21.9 Å². The van der Waals surface area contributed by atoms with Crippen molar-refractivity contribution in [1.82, 2.24) is 10.3 Å². The molecule has 1 aromatic carbocycles. The molecule has 21 heavy (non-hydrogen) atoms. The number of amides is 1. The number of hydrogen-bond acceptors (Lipinski definition) is 5. The normalized spacial score (nSPS) is 12.9. The molecule has 1 heterocycles. The first-order chi connectivity index (χ1) is 10.1. The lowest BCUT2D eigenvalue weighted by molar-refractivity contribution is -0.121. The molecule has 0 radical (unpaired) electrons. The fourth-order valence-corrected chi connectivity index (χ4v) is 2.54. The summed E-state index contributed by atoms with van der Waals surface area (Å²) in [6.07, 6.45) is 0. The van der Waals surface area contributed by atoms with Gasteiger partial charge in [-0.15, -0.1) is 11.3 Å². The van der Waals surface area contributed by atoms with E-state index in [2.05, 4.69) is 15.5 Å². The van der Waals surface area contributed by atoms with Gasteiger partial charge in [0.1, 0.15) is 5.92 Å². The molecule has 4 N–H and O–H groups in total. The second-order valence-electron chi connectivity index (χ2n) is 4.44. The third-order valence-corrected chi connectivity index (χ3v) is 3.74. The smallest absolute Gasteiger partial charge is 0.235 e. The lowest BCUT2D eigenvalue weighted by atomic mass is 9.97. The average molecular weight is 304 g/mol. The van der Waals surface area contributed by atoms with Gasteiger partial charge in [0.15, 0.2) is 5.84 Å². The molecule has 7 heteroatoms. The summed E-state index contributed by atoms with van der Waals surface area (Å²) in [5, 5.41) is 17.4. The molecule has 0 fully saturated rings. The fourth-order valence-electron chi connectivity index (χ4n) is 1.93. The van der Waals surface area contributed by atoms with Crippen LogP contribution in [0.4, 0.5) is 0 Å². The van der Waals surface area contributed by atoms with Crippen molar-refractivity contribution in [2.45, 2.75) is 19.4 Å². The van der Waals surface area contributed by atoms with Crippen molar-refractivity contribution in [2.24, 2.45) is 10.9 Å². The first-order valence-corrected chi connectivity index (χ1v) is 7.21. The molecule has 1 atom stereocenters. The van der Waals surface area contributed by atoms with E-state index in [4.69, 9.17) is 10.9 Å². The summed E-state index contributed by atoms with van der Waals surface area (Å²) < 4.78 is 0. The average Bonchev–Trinajstić information content (AvgIpc) is 2.92. The third-order valence-electron chi connectivity index (χ3n) is 2.92. The number of benzene rings is 1. The number of carbonyl (C=O) groups excluding carboxylic acids is 1. The summed E-state index contributed by atoms with van der Waals surface area (Å²) in [4.78, 5) is 16.6. The Balaban J connectivity index is 2.12. The van der Waals surface area contributed by atoms with Crippen LogP contribution in [0.25, 0.3) is 0 Å². The van der Waals surface area contributed by atoms with Crippen molar-refractivity contribution in [1.29, 1.82) is 0 Å². The predicted octanol–water partition coefficient (Wildman–Crippen LogP) is 1.60. The maximum Gasteiger partial charge on any atom is 0.235 e. The van der Waals surface area contributed by atoms with Gasteiger partial charge in [0.2, 0.25) is 5.91 Å². The highest BCUT2D eigenvalue weighted by atomic mass is 32.1. The number of carbonyl (C=O) groups is 1. The van der Waals surface area contributed by atoms with Gasteiger partial charge in [0.05, 0.1) is 17.2 Å². The lowest BCUT2D eigenvalue weighted by Crippen LogP contribution is -2.37. The van der Waals surface area contributed by atoms with Crippen LogP contribution in [0.2, 0.25) is 0 Å². The van der Waals surface area contributed by atoms with E-state index < -0.39 is 5.92 Å². The summed E-state index contributed by atoms with van der Waals surface area (Å²) in [5.41, 5.74) is 7.10. The zero-order valence-corrected chi connectivity index (χ0v) is 12.3. The highest BCUT2D eigenvalue weighted by Gasteiger charge is 2.25. The number of aryl methyl sites for hydroxylation is 1. The number of nitrogens with zero attached hydrogens (tertiary/aromatic N) is 2. The Morgan fingerprint density at radius 3 is 2.76 bits per heavy atom. The van der Waals surface area contributed by atoms with Gasteiger partial charge in [0.25, 0.3) is 0 Å². The van der Waals surface area contributed by atoms with E-state index in [-0.39, 0.29) is 11.7 Å². The van der Waals surface area contributed by atoms with E-state index in [0.717, 1.165) is 10.7 Å². The molecule has 110 valence electrons. The minimum atomic E-state index is -0.823. The van der Waals surface area contributed by atoms with Crippen LogP contribution in [0.15, 0.2) is 40.9 Å². The van der Waals surface area contributed by atoms with Crippen molar-refractivity contribution in [3.63, 3.8) is 0 Å². The second kappa shape index (κ2) is 6.85. The van der Waals surface area contributed by atoms with E-state index in [1.807, 2.05) is 18.4 Å². The third kappa shape index (κ3) is 3.79. The van der Waals surface area contributed by atoms with Crippen LogP contribution in [0, 0.1) is 6.92 Å². The summed E-state index contributed by atoms with van der Waals surface area (Å²) in [6.45, 7) is 2.21. The zero-order valence-electron chi connectivity index (χ0n) is 11.5. The van der Waals surface area contributed by atoms with Gasteiger partial charge in [-0.3, -0.25) is 4.79 Å². The van der Waals surface area contributed by atoms with Crippen molar-refractivity contribution in [3.05, 3.63) is 52.0 Å². The van der Waals surface area contributed by atoms with E-state index in [1.54, 1.807) is 24.3 Å². The highest BCUT2D eigenvalue weighted by Crippen LogP contribution is 2.16. The number of hydrogen-bond donors (Lipinski definition) is 3. The molecule has 2 rings (SSSR count). The maximum atomic E-state index is 12.3. The molecule has 0 aliphatic rings. The number of rotatable bonds is 5. The van der Waals surface area contributed by atoms with Gasteiger partial charge in [-0.25, -0.2) is 4.98 Å². The van der Waals surface area contributed by atoms with Crippen LogP contribution in [0.1, 0.15) is 22.2 Å². The molecule has 2 aromatic rings. The lowest BCUT2D eigenvalue weighted by Gasteiger charge is -2.15. The number of nitrogens with two attached hydrogens (primary N) is 1. The van der Waals surface area contributed by atoms with Crippen molar-refractivity contribution in [2.75, 3.05) is 0 Å². The summed E-state index contributed by atoms with van der Waals surface area (Å²) >= 11 is 1.52. The predicted molar refractivity (Wildman–Crippen MR) is 81.3 cm³/mol. The van der Waals surface area contributed by atoms with Crippen molar-refractivity contribution in [3.8, 4) is 0 Å². The molecule has 0 spiro atoms. The van der Waals surface area contributed by atoms with E-state index in [1.165, 1.54) is 11.3 Å². The molecule has 0 saturated heterocycles. The van der Waals surface area contributed by atoms with Gasteiger partial charge >= 0.3 is 0 Å². The summed E-state index contributed by atoms with van der Waals surface area (Å²) in [7, 11) is 0. The maximum absolute atomic E-state index is 12.3. The van der Waals surface area contributed by atoms with Gasteiger partial charge < -0.3 is 16.3 Å². The van der Waals surface area contributed by atoms with E-state index in [0.29, 0.717) is 12.1 Å². The number of oxime groups is 1. The Hall–Kier alpha value is -2.41. The molecule has 0 aliphatic carbocycles.